The summed E-state index contributed by atoms with van der Waals surface area (Å²) in [6, 6.07) is 51.8. The van der Waals surface area contributed by atoms with Gasteiger partial charge in [0.1, 0.15) is 11.5 Å². The Balaban J connectivity index is 1.46. The first-order valence-corrected chi connectivity index (χ1v) is 13.4. The van der Waals surface area contributed by atoms with Crippen LogP contribution in [0.25, 0.3) is 22.3 Å². The second-order valence-electron chi connectivity index (χ2n) is 10.2. The third kappa shape index (κ3) is 3.22. The van der Waals surface area contributed by atoms with Crippen molar-refractivity contribution in [3.63, 3.8) is 0 Å². The van der Waals surface area contributed by atoms with Crippen LogP contribution >= 0.6 is 0 Å². The van der Waals surface area contributed by atoms with E-state index in [-0.39, 0.29) is 0 Å². The van der Waals surface area contributed by atoms with E-state index >= 15 is 0 Å². The average Bonchev–Trinajstić information content (AvgIpc) is 3.01. The van der Waals surface area contributed by atoms with Gasteiger partial charge in [-0.05, 0) is 57.6 Å². The zero-order valence-electron chi connectivity index (χ0n) is 21.3. The maximum absolute atomic E-state index is 6.50. The quantitative estimate of drug-likeness (QED) is 0.256. The van der Waals surface area contributed by atoms with E-state index in [4.69, 9.17) is 4.74 Å². The summed E-state index contributed by atoms with van der Waals surface area (Å²) < 4.78 is 6.50. The highest BCUT2D eigenvalue weighted by atomic mass is 16.5. The lowest BCUT2D eigenvalue weighted by molar-refractivity contribution is 0.434. The molecular weight excluding hydrogens is 474 g/mol. The average molecular weight is 500 g/mol. The zero-order chi connectivity index (χ0) is 25.8. The van der Waals surface area contributed by atoms with Crippen molar-refractivity contribution in [3.8, 4) is 33.8 Å². The van der Waals surface area contributed by atoms with Gasteiger partial charge in [-0.2, -0.15) is 0 Å². The topological polar surface area (TPSA) is 21.3 Å². The van der Waals surface area contributed by atoms with E-state index in [1.54, 1.807) is 0 Å². The summed E-state index contributed by atoms with van der Waals surface area (Å²) in [5, 5.41) is 3.85. The Morgan fingerprint density at radius 1 is 0.385 bits per heavy atom. The van der Waals surface area contributed by atoms with Crippen LogP contribution in [0.1, 0.15) is 22.3 Å². The smallest absolute Gasteiger partial charge is 0.132 e. The van der Waals surface area contributed by atoms with Gasteiger partial charge in [-0.25, -0.2) is 0 Å². The zero-order valence-corrected chi connectivity index (χ0v) is 21.3. The number of fused-ring (bicyclic) bond motifs is 8. The molecule has 2 aliphatic rings. The maximum atomic E-state index is 6.50. The molecule has 2 aliphatic heterocycles. The van der Waals surface area contributed by atoms with E-state index in [2.05, 4.69) is 151 Å². The highest BCUT2D eigenvalue weighted by molar-refractivity contribution is 5.88. The van der Waals surface area contributed by atoms with E-state index in [1.807, 2.05) is 0 Å². The molecule has 2 nitrogen and oxygen atoms in total. The van der Waals surface area contributed by atoms with E-state index in [1.165, 1.54) is 33.4 Å². The van der Waals surface area contributed by atoms with Crippen LogP contribution in [0, 0.1) is 0 Å². The number of rotatable bonds is 2. The minimum atomic E-state index is -0.522. The first-order chi connectivity index (χ1) is 19.3. The number of hydrogen-bond acceptors (Lipinski definition) is 2. The molecule has 1 N–H and O–H groups in total. The van der Waals surface area contributed by atoms with Crippen molar-refractivity contribution in [2.45, 2.75) is 5.41 Å². The molecule has 6 aromatic carbocycles. The van der Waals surface area contributed by atoms with Crippen LogP contribution in [-0.2, 0) is 5.41 Å². The lowest BCUT2D eigenvalue weighted by Crippen LogP contribution is -2.37. The molecule has 0 aliphatic carbocycles. The number of hydrogen-bond donors (Lipinski definition) is 1. The molecule has 0 aromatic heterocycles. The summed E-state index contributed by atoms with van der Waals surface area (Å²) in [6.45, 7) is 0. The van der Waals surface area contributed by atoms with Gasteiger partial charge in [-0.3, -0.25) is 0 Å². The fourth-order valence-corrected chi connectivity index (χ4v) is 6.43. The number of para-hydroxylation sites is 2. The maximum Gasteiger partial charge on any atom is 0.132 e. The molecule has 2 heterocycles. The van der Waals surface area contributed by atoms with Crippen molar-refractivity contribution in [1.29, 1.82) is 0 Å². The van der Waals surface area contributed by atoms with Crippen LogP contribution in [0.2, 0.25) is 0 Å². The summed E-state index contributed by atoms with van der Waals surface area (Å²) in [7, 11) is 0. The minimum Gasteiger partial charge on any atom is -0.457 e. The molecular formula is C37H25NO. The fraction of sp³-hybridized carbons (Fsp3) is 0.0270. The molecule has 0 radical (unpaired) electrons. The molecule has 0 unspecified atom stereocenters. The Labute approximate surface area is 228 Å². The lowest BCUT2D eigenvalue weighted by atomic mass is 9.61. The molecule has 0 bridgehead atoms. The summed E-state index contributed by atoms with van der Waals surface area (Å²) in [6.07, 6.45) is 0. The molecule has 39 heavy (non-hydrogen) atoms. The molecule has 0 saturated carbocycles. The van der Waals surface area contributed by atoms with Crippen LogP contribution in [0.15, 0.2) is 146 Å². The molecule has 0 saturated heterocycles. The molecule has 184 valence electrons. The molecule has 2 heteroatoms. The van der Waals surface area contributed by atoms with Gasteiger partial charge in [-0.1, -0.05) is 121 Å². The van der Waals surface area contributed by atoms with Crippen LogP contribution in [-0.4, -0.2) is 0 Å². The molecule has 8 rings (SSSR count). The predicted molar refractivity (Wildman–Crippen MR) is 159 cm³/mol. The van der Waals surface area contributed by atoms with Gasteiger partial charge < -0.3 is 10.1 Å². The molecule has 1 spiro atoms. The summed E-state index contributed by atoms with van der Waals surface area (Å²) >= 11 is 0. The van der Waals surface area contributed by atoms with Gasteiger partial charge in [0.05, 0.1) is 5.41 Å². The summed E-state index contributed by atoms with van der Waals surface area (Å²) in [5.41, 5.74) is 11.3. The highest BCUT2D eigenvalue weighted by Gasteiger charge is 2.49. The minimum absolute atomic E-state index is 0.522. The van der Waals surface area contributed by atoms with Crippen LogP contribution in [0.3, 0.4) is 0 Å². The second-order valence-corrected chi connectivity index (χ2v) is 10.2. The normalized spacial score (nSPS) is 13.7. The molecule has 0 fully saturated rings. The van der Waals surface area contributed by atoms with E-state index in [0.29, 0.717) is 0 Å². The van der Waals surface area contributed by atoms with Crippen molar-refractivity contribution < 1.29 is 4.74 Å². The third-order valence-corrected chi connectivity index (χ3v) is 8.13. The Morgan fingerprint density at radius 2 is 0.821 bits per heavy atom. The van der Waals surface area contributed by atoms with Gasteiger partial charge in [0.15, 0.2) is 0 Å². The van der Waals surface area contributed by atoms with Crippen molar-refractivity contribution in [2.24, 2.45) is 0 Å². The van der Waals surface area contributed by atoms with Crippen LogP contribution < -0.4 is 10.1 Å². The Kier molecular flexibility index (Phi) is 4.77. The molecule has 0 amide bonds. The van der Waals surface area contributed by atoms with E-state index < -0.39 is 5.41 Å². The number of benzene rings is 6. The largest absolute Gasteiger partial charge is 0.457 e. The third-order valence-electron chi connectivity index (χ3n) is 8.13. The lowest BCUT2D eigenvalue weighted by Gasteiger charge is -2.45. The van der Waals surface area contributed by atoms with Crippen molar-refractivity contribution in [3.05, 3.63) is 168 Å². The highest BCUT2D eigenvalue weighted by Crippen LogP contribution is 2.60. The van der Waals surface area contributed by atoms with Crippen molar-refractivity contribution in [1.82, 2.24) is 0 Å². The van der Waals surface area contributed by atoms with Crippen LogP contribution in [0.5, 0.6) is 11.5 Å². The number of nitrogens with one attached hydrogen (secondary N) is 1. The van der Waals surface area contributed by atoms with E-state index in [0.717, 1.165) is 34.0 Å². The Hall–Kier alpha value is -5.08. The first kappa shape index (κ1) is 22.0. The fourth-order valence-electron chi connectivity index (χ4n) is 6.43. The standard InChI is InChI=1S/C37H25NO/c1-3-11-25(12-4-1)27-19-21-29-33(23-27)38-34-24-28(26-13-5-2-6-14-26)20-22-30(34)37(29)31-15-7-9-17-35(31)39-36-18-10-8-16-32(36)37/h1-24,38H. The van der Waals surface area contributed by atoms with Gasteiger partial charge in [0.25, 0.3) is 0 Å². The Bertz CT molecular complexity index is 1720. The van der Waals surface area contributed by atoms with Gasteiger partial charge in [-0.15, -0.1) is 0 Å². The SMILES string of the molecule is c1ccc(-c2ccc3c(c2)Nc2cc(-c4ccccc4)ccc2C32c3ccccc3Oc3ccccc32)cc1. The van der Waals surface area contributed by atoms with Gasteiger partial charge >= 0.3 is 0 Å². The predicted octanol–water partition coefficient (Wildman–Crippen LogP) is 9.57. The number of anilines is 2. The molecule has 6 aromatic rings. The second kappa shape index (κ2) is 8.47. The summed E-state index contributed by atoms with van der Waals surface area (Å²) in [4.78, 5) is 0. The van der Waals surface area contributed by atoms with E-state index in [9.17, 15) is 0 Å². The summed E-state index contributed by atoms with van der Waals surface area (Å²) in [5.74, 6) is 1.79. The Morgan fingerprint density at radius 3 is 1.31 bits per heavy atom. The van der Waals surface area contributed by atoms with Gasteiger partial charge in [0, 0.05) is 22.5 Å². The van der Waals surface area contributed by atoms with Crippen LogP contribution in [0.4, 0.5) is 11.4 Å². The molecule has 0 atom stereocenters. The van der Waals surface area contributed by atoms with Crippen molar-refractivity contribution >= 4 is 11.4 Å². The van der Waals surface area contributed by atoms with Crippen molar-refractivity contribution in [2.75, 3.05) is 5.32 Å². The van der Waals surface area contributed by atoms with Gasteiger partial charge in [0.2, 0.25) is 0 Å². The number of ether oxygens (including phenoxy) is 1. The first-order valence-electron chi connectivity index (χ1n) is 13.4. The monoisotopic (exact) mass is 499 g/mol.